The van der Waals surface area contributed by atoms with E-state index in [0.29, 0.717) is 28.1 Å². The van der Waals surface area contributed by atoms with E-state index in [-0.39, 0.29) is 5.25 Å². The van der Waals surface area contributed by atoms with Gasteiger partial charge in [0.2, 0.25) is 0 Å². The van der Waals surface area contributed by atoms with E-state index in [1.54, 1.807) is 0 Å². The Morgan fingerprint density at radius 1 is 1.67 bits per heavy atom. The fraction of sp³-hybridized carbons (Fsp3) is 0.667. The lowest BCUT2D eigenvalue weighted by atomic mass is 10.3. The number of thioether (sulfide) groups is 1. The summed E-state index contributed by atoms with van der Waals surface area (Å²) in [6.45, 7) is 8.08. The fourth-order valence-corrected chi connectivity index (χ4v) is 4.01. The summed E-state index contributed by atoms with van der Waals surface area (Å²) in [5.41, 5.74) is 0.340. The molecule has 0 N–H and O–H groups in total. The molecule has 0 aliphatic heterocycles. The van der Waals surface area contributed by atoms with Crippen LogP contribution in [0.15, 0.2) is 17.1 Å². The number of alkyl halides is 1. The molecule has 3 nitrogen and oxygen atoms in total. The van der Waals surface area contributed by atoms with Crippen LogP contribution in [0, 0.1) is 11.3 Å². The third kappa shape index (κ3) is 7.20. The van der Waals surface area contributed by atoms with Crippen molar-refractivity contribution in [3.05, 3.63) is 12.2 Å². The predicted molar refractivity (Wildman–Crippen MR) is 82.7 cm³/mol. The lowest BCUT2D eigenvalue weighted by molar-refractivity contribution is 0.666. The zero-order chi connectivity index (χ0) is 14.0. The summed E-state index contributed by atoms with van der Waals surface area (Å²) in [6.07, 6.45) is 1.73. The van der Waals surface area contributed by atoms with Crippen LogP contribution in [0.2, 0.25) is 0 Å². The zero-order valence-corrected chi connectivity index (χ0v) is 13.2. The molecule has 0 aromatic rings. The normalized spacial score (nSPS) is 14.9. The number of hydrogen-bond acceptors (Lipinski definition) is 4. The Morgan fingerprint density at radius 3 is 2.83 bits per heavy atom. The van der Waals surface area contributed by atoms with Crippen LogP contribution < -0.4 is 0 Å². The minimum atomic E-state index is -0.936. The van der Waals surface area contributed by atoms with Crippen LogP contribution >= 0.6 is 23.4 Å². The van der Waals surface area contributed by atoms with Crippen molar-refractivity contribution in [2.45, 2.75) is 31.9 Å². The van der Waals surface area contributed by atoms with E-state index in [2.05, 4.69) is 11.6 Å². The first kappa shape index (κ1) is 17.7. The van der Waals surface area contributed by atoms with Gasteiger partial charge in [0.1, 0.15) is 11.1 Å². The van der Waals surface area contributed by atoms with Gasteiger partial charge in [-0.2, -0.15) is 5.26 Å². The predicted octanol–water partition coefficient (Wildman–Crippen LogP) is 3.33. The van der Waals surface area contributed by atoms with Crippen LogP contribution in [0.3, 0.4) is 0 Å². The van der Waals surface area contributed by atoms with E-state index < -0.39 is 10.8 Å². The molecule has 2 unspecified atom stereocenters. The van der Waals surface area contributed by atoms with E-state index in [1.807, 2.05) is 19.9 Å². The molecule has 6 heteroatoms. The first-order valence-corrected chi connectivity index (χ1v) is 8.66. The van der Waals surface area contributed by atoms with Crippen LogP contribution in [0.25, 0.3) is 0 Å². The number of nitriles is 1. The molecular formula is C12H19ClN2OS2. The van der Waals surface area contributed by atoms with Crippen LogP contribution in [0.5, 0.6) is 0 Å². The Hall–Kier alpha value is -0.310. The molecule has 0 aliphatic rings. The van der Waals surface area contributed by atoms with Crippen molar-refractivity contribution in [1.29, 1.82) is 5.26 Å². The summed E-state index contributed by atoms with van der Waals surface area (Å²) in [7, 11) is -0.936. The summed E-state index contributed by atoms with van der Waals surface area (Å²) < 4.78 is 11.9. The summed E-state index contributed by atoms with van der Waals surface area (Å²) in [4.78, 5) is 4.19. The van der Waals surface area contributed by atoms with E-state index in [4.69, 9.17) is 16.9 Å². The third-order valence-electron chi connectivity index (χ3n) is 2.20. The molecule has 18 heavy (non-hydrogen) atoms. The van der Waals surface area contributed by atoms with Crippen molar-refractivity contribution in [3.63, 3.8) is 0 Å². The first-order chi connectivity index (χ1) is 8.56. The lowest BCUT2D eigenvalue weighted by Crippen LogP contribution is -2.14. The number of aliphatic imine (C=N–C) groups is 1. The standard InChI is InChI=1S/C12H19ClN2OS2/c1-4-15-12(10(2)8-14)17-9-18(16)11(3)6-5-7-13/h11H,2,4-7,9H2,1,3H3. The number of halogens is 1. The Balaban J connectivity index is 4.28. The van der Waals surface area contributed by atoms with Gasteiger partial charge < -0.3 is 0 Å². The van der Waals surface area contributed by atoms with Gasteiger partial charge >= 0.3 is 0 Å². The van der Waals surface area contributed by atoms with Crippen LogP contribution in [-0.2, 0) is 10.8 Å². The van der Waals surface area contributed by atoms with Crippen LogP contribution in [0.1, 0.15) is 26.7 Å². The van der Waals surface area contributed by atoms with Crippen molar-refractivity contribution < 1.29 is 4.21 Å². The minimum absolute atomic E-state index is 0.120. The van der Waals surface area contributed by atoms with Crippen molar-refractivity contribution in [1.82, 2.24) is 0 Å². The molecule has 0 aromatic heterocycles. The average Bonchev–Trinajstić information content (AvgIpc) is 2.39. The maximum atomic E-state index is 11.9. The summed E-state index contributed by atoms with van der Waals surface area (Å²) >= 11 is 6.95. The van der Waals surface area contributed by atoms with E-state index in [0.717, 1.165) is 12.8 Å². The highest BCUT2D eigenvalue weighted by Crippen LogP contribution is 2.16. The molecule has 0 aromatic carbocycles. The van der Waals surface area contributed by atoms with Gasteiger partial charge in [-0.25, -0.2) is 0 Å². The monoisotopic (exact) mass is 306 g/mol. The van der Waals surface area contributed by atoms with E-state index >= 15 is 0 Å². The molecule has 0 aliphatic carbocycles. The molecule has 0 amide bonds. The van der Waals surface area contributed by atoms with Crippen molar-refractivity contribution in [3.8, 4) is 6.07 Å². The molecule has 0 bridgehead atoms. The van der Waals surface area contributed by atoms with Crippen molar-refractivity contribution in [2.75, 3.05) is 17.5 Å². The molecule has 0 saturated heterocycles. The van der Waals surface area contributed by atoms with Gasteiger partial charge in [-0.15, -0.1) is 11.6 Å². The Bertz CT molecular complexity index is 364. The second-order valence-corrected chi connectivity index (χ2v) is 7.22. The Labute approximate surface area is 121 Å². The number of rotatable bonds is 8. The number of hydrogen-bond donors (Lipinski definition) is 0. The molecule has 2 atom stereocenters. The second-order valence-electron chi connectivity index (χ2n) is 3.65. The summed E-state index contributed by atoms with van der Waals surface area (Å²) in [5, 5.41) is 9.95. The minimum Gasteiger partial charge on any atom is -0.277 e. The highest BCUT2D eigenvalue weighted by molar-refractivity contribution is 8.21. The van der Waals surface area contributed by atoms with E-state index in [9.17, 15) is 4.21 Å². The molecule has 0 fully saturated rings. The smallest absolute Gasteiger partial charge is 0.108 e. The van der Waals surface area contributed by atoms with Gasteiger partial charge in [-0.3, -0.25) is 9.20 Å². The molecule has 102 valence electrons. The topological polar surface area (TPSA) is 53.2 Å². The highest BCUT2D eigenvalue weighted by atomic mass is 35.5. The van der Waals surface area contributed by atoms with Gasteiger partial charge in [-0.05, 0) is 19.8 Å². The van der Waals surface area contributed by atoms with Crippen LogP contribution in [0.4, 0.5) is 0 Å². The highest BCUT2D eigenvalue weighted by Gasteiger charge is 2.13. The van der Waals surface area contributed by atoms with Gasteiger partial charge in [0, 0.05) is 28.5 Å². The molecule has 0 heterocycles. The molecule has 0 radical (unpaired) electrons. The van der Waals surface area contributed by atoms with Crippen LogP contribution in [-0.4, -0.2) is 32.0 Å². The molecule has 0 rings (SSSR count). The van der Waals surface area contributed by atoms with Crippen molar-refractivity contribution in [2.24, 2.45) is 4.99 Å². The Morgan fingerprint density at radius 2 is 2.33 bits per heavy atom. The maximum absolute atomic E-state index is 11.9. The lowest BCUT2D eigenvalue weighted by Gasteiger charge is -2.10. The summed E-state index contributed by atoms with van der Waals surface area (Å²) in [5.74, 6) is 0.600. The van der Waals surface area contributed by atoms with Gasteiger partial charge in [-0.1, -0.05) is 25.3 Å². The van der Waals surface area contributed by atoms with Gasteiger partial charge in [0.05, 0.1) is 10.7 Å². The van der Waals surface area contributed by atoms with Crippen molar-refractivity contribution >= 4 is 39.2 Å². The molecule has 0 saturated carbocycles. The van der Waals surface area contributed by atoms with Gasteiger partial charge in [0.25, 0.3) is 0 Å². The SMILES string of the molecule is C=C(C#N)C(=NCC)SCS(=O)C(C)CCCCl. The average molecular weight is 307 g/mol. The quantitative estimate of drug-likeness (QED) is 0.299. The summed E-state index contributed by atoms with van der Waals surface area (Å²) in [6, 6.07) is 1.97. The zero-order valence-electron chi connectivity index (χ0n) is 10.8. The fourth-order valence-electron chi connectivity index (χ4n) is 1.15. The maximum Gasteiger partial charge on any atom is 0.108 e. The van der Waals surface area contributed by atoms with Gasteiger partial charge in [0.15, 0.2) is 0 Å². The second kappa shape index (κ2) is 10.6. The first-order valence-electron chi connectivity index (χ1n) is 5.76. The third-order valence-corrected chi connectivity index (χ3v) is 5.65. The largest absolute Gasteiger partial charge is 0.277 e. The molecule has 0 spiro atoms. The Kier molecular flexibility index (Phi) is 10.4. The van der Waals surface area contributed by atoms with E-state index in [1.165, 1.54) is 11.8 Å². The molecular weight excluding hydrogens is 288 g/mol. The number of nitrogens with zero attached hydrogens (tertiary/aromatic N) is 2.